The second-order valence-electron chi connectivity index (χ2n) is 4.72. The van der Waals surface area contributed by atoms with Gasteiger partial charge in [0.05, 0.1) is 19.3 Å². The Hall–Kier alpha value is -1.43. The van der Waals surface area contributed by atoms with Crippen LogP contribution in [0, 0.1) is 0 Å². The van der Waals surface area contributed by atoms with Crippen LogP contribution in [0.25, 0.3) is 0 Å². The molecule has 0 spiro atoms. The van der Waals surface area contributed by atoms with Crippen molar-refractivity contribution in [3.05, 3.63) is 45.9 Å². The number of thiazole rings is 1. The number of methoxy groups -OCH3 is 1. The van der Waals surface area contributed by atoms with Crippen molar-refractivity contribution in [2.75, 3.05) is 26.9 Å². The van der Waals surface area contributed by atoms with E-state index >= 15 is 0 Å². The number of hydrogen-bond donors (Lipinski definition) is 1. The zero-order chi connectivity index (χ0) is 13.8. The zero-order valence-electron chi connectivity index (χ0n) is 11.5. The van der Waals surface area contributed by atoms with Gasteiger partial charge in [0.15, 0.2) is 0 Å². The predicted octanol–water partition coefficient (Wildman–Crippen LogP) is 2.40. The molecule has 1 aromatic heterocycles. The van der Waals surface area contributed by atoms with Crippen molar-refractivity contribution < 1.29 is 9.47 Å². The fourth-order valence-electron chi connectivity index (χ4n) is 2.42. The average molecular weight is 290 g/mol. The number of benzene rings is 1. The van der Waals surface area contributed by atoms with E-state index in [0.29, 0.717) is 6.61 Å². The first-order valence-electron chi connectivity index (χ1n) is 6.76. The Balaban J connectivity index is 1.84. The molecule has 0 bridgehead atoms. The third kappa shape index (κ3) is 2.85. The molecule has 0 fully saturated rings. The molecule has 3 rings (SSSR count). The Kier molecular flexibility index (Phi) is 4.30. The normalized spacial score (nSPS) is 14.8. The van der Waals surface area contributed by atoms with Crippen LogP contribution >= 0.6 is 11.3 Å². The van der Waals surface area contributed by atoms with E-state index < -0.39 is 0 Å². The first kappa shape index (κ1) is 13.5. The number of rotatable bonds is 6. The second-order valence-corrected chi connectivity index (χ2v) is 5.64. The first-order chi connectivity index (χ1) is 9.88. The number of fused-ring (bicyclic) bond motifs is 1. The molecule has 0 amide bonds. The van der Waals surface area contributed by atoms with Gasteiger partial charge in [0, 0.05) is 31.7 Å². The number of hydrogen-bond acceptors (Lipinski definition) is 5. The predicted molar refractivity (Wildman–Crippen MR) is 79.5 cm³/mol. The Morgan fingerprint density at radius 3 is 3.25 bits per heavy atom. The molecule has 1 N–H and O–H groups in total. The molecule has 106 valence electrons. The molecule has 1 atom stereocenters. The van der Waals surface area contributed by atoms with Gasteiger partial charge in [-0.1, -0.05) is 6.07 Å². The van der Waals surface area contributed by atoms with Crippen molar-refractivity contribution in [1.29, 1.82) is 0 Å². The third-order valence-electron chi connectivity index (χ3n) is 3.40. The molecule has 1 unspecified atom stereocenters. The highest BCUT2D eigenvalue weighted by atomic mass is 32.1. The Morgan fingerprint density at radius 2 is 2.45 bits per heavy atom. The molecular formula is C15H18N2O2S. The molecule has 2 heterocycles. The molecule has 20 heavy (non-hydrogen) atoms. The lowest BCUT2D eigenvalue weighted by molar-refractivity contribution is 0.197. The number of nitrogens with zero attached hydrogens (tertiary/aromatic N) is 1. The summed E-state index contributed by atoms with van der Waals surface area (Å²) in [5, 5.41) is 6.61. The lowest BCUT2D eigenvalue weighted by atomic mass is 10.0. The first-order valence-corrected chi connectivity index (χ1v) is 7.64. The summed E-state index contributed by atoms with van der Waals surface area (Å²) in [5.74, 6) is 1.02. The third-order valence-corrected chi connectivity index (χ3v) is 4.24. The van der Waals surface area contributed by atoms with Gasteiger partial charge in [0.1, 0.15) is 10.8 Å². The van der Waals surface area contributed by atoms with Gasteiger partial charge in [-0.25, -0.2) is 4.98 Å². The molecule has 1 aliphatic rings. The van der Waals surface area contributed by atoms with E-state index in [1.54, 1.807) is 18.4 Å². The maximum atomic E-state index is 5.57. The van der Waals surface area contributed by atoms with Gasteiger partial charge < -0.3 is 14.8 Å². The minimum atomic E-state index is 0.121. The lowest BCUT2D eigenvalue weighted by Crippen LogP contribution is -2.26. The van der Waals surface area contributed by atoms with Crippen LogP contribution in [0.2, 0.25) is 0 Å². The molecule has 4 nitrogen and oxygen atoms in total. The minimum absolute atomic E-state index is 0.121. The highest BCUT2D eigenvalue weighted by molar-refractivity contribution is 7.09. The molecule has 0 aliphatic carbocycles. The van der Waals surface area contributed by atoms with Crippen LogP contribution in [-0.2, 0) is 11.2 Å². The topological polar surface area (TPSA) is 43.4 Å². The summed E-state index contributed by atoms with van der Waals surface area (Å²) in [4.78, 5) is 4.45. The van der Waals surface area contributed by atoms with Crippen molar-refractivity contribution >= 4 is 11.3 Å². The summed E-state index contributed by atoms with van der Waals surface area (Å²) in [7, 11) is 1.72. The summed E-state index contributed by atoms with van der Waals surface area (Å²) in [5.41, 5.74) is 2.53. The Morgan fingerprint density at radius 1 is 1.50 bits per heavy atom. The Labute approximate surface area is 122 Å². The molecule has 0 radical (unpaired) electrons. The summed E-state index contributed by atoms with van der Waals surface area (Å²) >= 11 is 1.67. The summed E-state index contributed by atoms with van der Waals surface area (Å²) in [6, 6.07) is 6.54. The number of aromatic nitrogens is 1. The van der Waals surface area contributed by atoms with E-state index in [-0.39, 0.29) is 6.04 Å². The van der Waals surface area contributed by atoms with E-state index in [9.17, 15) is 0 Å². The van der Waals surface area contributed by atoms with Crippen LogP contribution in [0.1, 0.15) is 22.2 Å². The highest BCUT2D eigenvalue weighted by Gasteiger charge is 2.19. The largest absolute Gasteiger partial charge is 0.493 e. The summed E-state index contributed by atoms with van der Waals surface area (Å²) < 4.78 is 10.7. The average Bonchev–Trinajstić information content (AvgIpc) is 3.13. The van der Waals surface area contributed by atoms with Crippen molar-refractivity contribution in [2.45, 2.75) is 12.5 Å². The van der Waals surface area contributed by atoms with Crippen molar-refractivity contribution in [1.82, 2.24) is 10.3 Å². The molecule has 0 saturated carbocycles. The van der Waals surface area contributed by atoms with E-state index in [1.807, 2.05) is 11.6 Å². The Bertz CT molecular complexity index is 557. The summed E-state index contributed by atoms with van der Waals surface area (Å²) in [6.07, 6.45) is 2.84. The lowest BCUT2D eigenvalue weighted by Gasteiger charge is -2.17. The second kappa shape index (κ2) is 6.35. The fourth-order valence-corrected chi connectivity index (χ4v) is 3.15. The van der Waals surface area contributed by atoms with E-state index in [1.165, 1.54) is 11.1 Å². The minimum Gasteiger partial charge on any atom is -0.493 e. The van der Waals surface area contributed by atoms with E-state index in [2.05, 4.69) is 28.5 Å². The van der Waals surface area contributed by atoms with Crippen LogP contribution in [0.15, 0.2) is 29.8 Å². The van der Waals surface area contributed by atoms with Gasteiger partial charge in [-0.15, -0.1) is 11.3 Å². The molecule has 1 aliphatic heterocycles. The van der Waals surface area contributed by atoms with Gasteiger partial charge >= 0.3 is 0 Å². The molecular weight excluding hydrogens is 272 g/mol. The van der Waals surface area contributed by atoms with Crippen LogP contribution in [0.5, 0.6) is 5.75 Å². The van der Waals surface area contributed by atoms with Gasteiger partial charge in [-0.05, 0) is 23.3 Å². The van der Waals surface area contributed by atoms with Gasteiger partial charge in [0.25, 0.3) is 0 Å². The van der Waals surface area contributed by atoms with Crippen molar-refractivity contribution in [3.63, 3.8) is 0 Å². The molecule has 0 saturated heterocycles. The fraction of sp³-hybridized carbons (Fsp3) is 0.400. The standard InChI is InChI=1S/C15H18N2O2S/c1-18-8-5-16-14(15-17-6-9-20-15)12-2-3-13-11(10-12)4-7-19-13/h2-3,6,9-10,14,16H,4-5,7-8H2,1H3. The quantitative estimate of drug-likeness (QED) is 0.830. The van der Waals surface area contributed by atoms with Crippen molar-refractivity contribution in [3.8, 4) is 5.75 Å². The smallest absolute Gasteiger partial charge is 0.122 e. The van der Waals surface area contributed by atoms with Crippen molar-refractivity contribution in [2.24, 2.45) is 0 Å². The maximum Gasteiger partial charge on any atom is 0.122 e. The van der Waals surface area contributed by atoms with E-state index in [4.69, 9.17) is 9.47 Å². The zero-order valence-corrected chi connectivity index (χ0v) is 12.3. The SMILES string of the molecule is COCCNC(c1ccc2c(c1)CCO2)c1nccs1. The molecule has 2 aromatic rings. The number of nitrogens with one attached hydrogen (secondary N) is 1. The van der Waals surface area contributed by atoms with Crippen LogP contribution in [0.4, 0.5) is 0 Å². The summed E-state index contributed by atoms with van der Waals surface area (Å²) in [6.45, 7) is 2.28. The maximum absolute atomic E-state index is 5.57. The van der Waals surface area contributed by atoms with E-state index in [0.717, 1.165) is 30.3 Å². The van der Waals surface area contributed by atoms with Crippen LogP contribution in [-0.4, -0.2) is 31.9 Å². The molecule has 1 aromatic carbocycles. The number of ether oxygens (including phenoxy) is 2. The highest BCUT2D eigenvalue weighted by Crippen LogP contribution is 2.31. The van der Waals surface area contributed by atoms with Gasteiger partial charge in [-0.3, -0.25) is 0 Å². The van der Waals surface area contributed by atoms with Gasteiger partial charge in [0.2, 0.25) is 0 Å². The van der Waals surface area contributed by atoms with Gasteiger partial charge in [-0.2, -0.15) is 0 Å². The van der Waals surface area contributed by atoms with Crippen LogP contribution in [0.3, 0.4) is 0 Å². The molecule has 5 heteroatoms. The van der Waals surface area contributed by atoms with Crippen LogP contribution < -0.4 is 10.1 Å². The monoisotopic (exact) mass is 290 g/mol.